The average molecular weight is 585 g/mol. The fourth-order valence-corrected chi connectivity index (χ4v) is 6.49. The molecule has 0 spiro atoms. The Morgan fingerprint density at radius 2 is 2.08 bits per heavy atom. The van der Waals surface area contributed by atoms with Crippen LogP contribution in [0, 0.1) is 0 Å². The van der Waals surface area contributed by atoms with Crippen molar-refractivity contribution in [1.29, 1.82) is 0 Å². The number of aromatic nitrogens is 4. The summed E-state index contributed by atoms with van der Waals surface area (Å²) in [6.45, 7) is 0. The van der Waals surface area contributed by atoms with E-state index < -0.39 is 40.3 Å². The number of nitrogens with one attached hydrogen (secondary N) is 2. The summed E-state index contributed by atoms with van der Waals surface area (Å²) in [5, 5.41) is 9.97. The molecule has 19 heteroatoms. The largest absolute Gasteiger partial charge is 0.398 e. The number of hydrogen-bond acceptors (Lipinski definition) is 15. The molecule has 202 valence electrons. The normalized spacial score (nSPS) is 19.1. The van der Waals surface area contributed by atoms with Crippen molar-refractivity contribution in [3.05, 3.63) is 43.1 Å². The van der Waals surface area contributed by atoms with E-state index in [2.05, 4.69) is 30.4 Å². The Balaban J connectivity index is 1.55. The van der Waals surface area contributed by atoms with Gasteiger partial charge >= 0.3 is 17.1 Å². The predicted octanol–water partition coefficient (Wildman–Crippen LogP) is -1.59. The van der Waals surface area contributed by atoms with Gasteiger partial charge in [-0.05, 0) is 5.57 Å². The maximum absolute atomic E-state index is 13.1. The van der Waals surface area contributed by atoms with E-state index >= 15 is 0 Å². The molecule has 0 radical (unpaired) electrons. The number of thioether (sulfide) groups is 2. The van der Waals surface area contributed by atoms with Crippen LogP contribution >= 0.6 is 34.9 Å². The van der Waals surface area contributed by atoms with E-state index in [1.165, 1.54) is 40.9 Å². The van der Waals surface area contributed by atoms with Crippen molar-refractivity contribution in [3.63, 3.8) is 0 Å². The van der Waals surface area contributed by atoms with E-state index in [-0.39, 0.29) is 38.9 Å². The van der Waals surface area contributed by atoms with E-state index in [4.69, 9.17) is 15.5 Å². The Bertz CT molecular complexity index is 1460. The number of rotatable bonds is 9. The Morgan fingerprint density at radius 1 is 1.32 bits per heavy atom. The highest BCUT2D eigenvalue weighted by atomic mass is 32.2. The number of nitrogens with zero attached hydrogens (tertiary/aromatic N) is 5. The number of carbonyl (C=O) groups excluding carboxylic acids is 3. The molecule has 38 heavy (non-hydrogen) atoms. The molecule has 1 fully saturated rings. The van der Waals surface area contributed by atoms with Crippen LogP contribution < -0.4 is 22.2 Å². The van der Waals surface area contributed by atoms with Gasteiger partial charge in [-0.3, -0.25) is 38.7 Å². The third-order valence-electron chi connectivity index (χ3n) is 5.17. The number of thiazole rings is 1. The van der Waals surface area contributed by atoms with E-state index in [1.54, 1.807) is 0 Å². The number of aromatic amines is 1. The Morgan fingerprint density at radius 3 is 2.74 bits per heavy atom. The van der Waals surface area contributed by atoms with Crippen LogP contribution in [0.4, 0.5) is 5.13 Å². The lowest BCUT2D eigenvalue weighted by Gasteiger charge is -2.49. The Kier molecular flexibility index (Phi) is 8.19. The lowest BCUT2D eigenvalue weighted by atomic mass is 10.0. The smallest absolute Gasteiger partial charge is 0.389 e. The highest BCUT2D eigenvalue weighted by molar-refractivity contribution is 8.01. The van der Waals surface area contributed by atoms with Crippen LogP contribution in [0.2, 0.25) is 0 Å². The molecule has 2 amide bonds. The van der Waals surface area contributed by atoms with E-state index in [1.807, 2.05) is 0 Å². The number of amides is 2. The van der Waals surface area contributed by atoms with Crippen LogP contribution in [0.25, 0.3) is 0 Å². The van der Waals surface area contributed by atoms with Crippen LogP contribution in [0.15, 0.2) is 36.6 Å². The molecular formula is C19H20N8O8S3. The lowest BCUT2D eigenvalue weighted by molar-refractivity contribution is -0.252. The molecule has 2 atom stereocenters. The van der Waals surface area contributed by atoms with Crippen LogP contribution in [-0.2, 0) is 36.0 Å². The second-order valence-corrected chi connectivity index (χ2v) is 10.5. The second kappa shape index (κ2) is 11.4. The summed E-state index contributed by atoms with van der Waals surface area (Å²) in [5.41, 5.74) is 4.28. The van der Waals surface area contributed by atoms with Gasteiger partial charge in [-0.15, -0.1) is 23.1 Å². The quantitative estimate of drug-likeness (QED) is 0.0758. The van der Waals surface area contributed by atoms with Gasteiger partial charge in [-0.1, -0.05) is 16.9 Å². The number of H-pyrrole nitrogens is 1. The van der Waals surface area contributed by atoms with E-state index in [9.17, 15) is 24.0 Å². The molecule has 0 unspecified atom stereocenters. The molecule has 1 saturated heterocycles. The van der Waals surface area contributed by atoms with Crippen LogP contribution in [0.3, 0.4) is 0 Å². The first-order valence-corrected chi connectivity index (χ1v) is 13.4. The fraction of sp³-hybridized carbons (Fsp3) is 0.368. The van der Waals surface area contributed by atoms with Gasteiger partial charge in [0, 0.05) is 23.9 Å². The minimum Gasteiger partial charge on any atom is -0.398 e. The molecular weight excluding hydrogens is 564 g/mol. The lowest BCUT2D eigenvalue weighted by Crippen LogP contribution is -2.71. The van der Waals surface area contributed by atoms with Crippen molar-refractivity contribution in [2.45, 2.75) is 16.6 Å². The summed E-state index contributed by atoms with van der Waals surface area (Å²) in [7, 11) is 3.91. The van der Waals surface area contributed by atoms with Gasteiger partial charge in [0.1, 0.15) is 29.9 Å². The number of nitrogens with two attached hydrogens (primary N) is 1. The summed E-state index contributed by atoms with van der Waals surface area (Å²) < 4.78 is 1.27. The first kappa shape index (κ1) is 27.4. The number of aryl methyl sites for hydroxylation is 1. The summed E-state index contributed by atoms with van der Waals surface area (Å²) in [6.07, 6.45) is 0. The molecule has 4 rings (SSSR count). The van der Waals surface area contributed by atoms with Gasteiger partial charge < -0.3 is 15.9 Å². The van der Waals surface area contributed by atoms with Gasteiger partial charge in [0.15, 0.2) is 16.0 Å². The van der Waals surface area contributed by atoms with Crippen molar-refractivity contribution >= 4 is 63.5 Å². The molecule has 4 N–H and O–H groups in total. The first-order valence-electron chi connectivity index (χ1n) is 10.5. The molecule has 0 aromatic carbocycles. The van der Waals surface area contributed by atoms with Gasteiger partial charge in [0.05, 0.1) is 7.11 Å². The molecule has 0 aliphatic carbocycles. The van der Waals surface area contributed by atoms with Crippen molar-refractivity contribution in [2.24, 2.45) is 12.2 Å². The van der Waals surface area contributed by atoms with Crippen molar-refractivity contribution < 1.29 is 29.0 Å². The molecule has 0 saturated carbocycles. The van der Waals surface area contributed by atoms with Crippen LogP contribution in [0.5, 0.6) is 0 Å². The standard InChI is InChI=1S/C19H20N8O8S3/c1-26-19(23-13(29)14(30)24-26)38-5-7-4-36-16-10(15(31)27(16)11(7)17(32)35-34-3)22-12(28)9(25-33-2)8-6-37-18(20)21-8/h6,10,16H,4-5H2,1-3H3,(H2,20,21)(H,22,28)(H,24,30)/b25-9+/t10-,16-/m1/s1. The Hall–Kier alpha value is -3.68. The monoisotopic (exact) mass is 584 g/mol. The van der Waals surface area contributed by atoms with Crippen molar-refractivity contribution in [3.8, 4) is 0 Å². The first-order chi connectivity index (χ1) is 18.2. The van der Waals surface area contributed by atoms with Gasteiger partial charge in [0.25, 0.3) is 11.8 Å². The highest BCUT2D eigenvalue weighted by Gasteiger charge is 2.55. The number of carbonyl (C=O) groups is 3. The minimum atomic E-state index is -0.980. The van der Waals surface area contributed by atoms with E-state index in [0.29, 0.717) is 5.57 Å². The molecule has 4 heterocycles. The topological polar surface area (TPSA) is 213 Å². The zero-order valence-electron chi connectivity index (χ0n) is 20.0. The minimum absolute atomic E-state index is 0.0499. The van der Waals surface area contributed by atoms with E-state index in [0.717, 1.165) is 30.2 Å². The van der Waals surface area contributed by atoms with Crippen LogP contribution in [-0.4, -0.2) is 85.3 Å². The number of anilines is 1. The molecule has 2 aliphatic rings. The molecule has 2 aromatic rings. The Labute approximate surface area is 225 Å². The summed E-state index contributed by atoms with van der Waals surface area (Å²) in [5.74, 6) is -1.77. The van der Waals surface area contributed by atoms with Crippen LogP contribution in [0.1, 0.15) is 5.69 Å². The number of oxime groups is 1. The fourth-order valence-electron chi connectivity index (χ4n) is 3.54. The summed E-state index contributed by atoms with van der Waals surface area (Å²) in [6, 6.07) is -0.980. The predicted molar refractivity (Wildman–Crippen MR) is 136 cm³/mol. The molecule has 0 bridgehead atoms. The molecule has 2 aromatic heterocycles. The third-order valence-corrected chi connectivity index (χ3v) is 8.30. The van der Waals surface area contributed by atoms with Crippen molar-refractivity contribution in [1.82, 2.24) is 30.0 Å². The summed E-state index contributed by atoms with van der Waals surface area (Å²) in [4.78, 5) is 84.8. The zero-order chi connectivity index (χ0) is 27.6. The SMILES string of the molecule is CO/N=C(/C(=O)N[C@@H]1C(=O)N2C(C(=O)OOC)=C(CSc3nc(=O)c(=O)[nH]n3C)CS[C@H]12)c1csc(N)n1. The number of fused-ring (bicyclic) bond motifs is 1. The molecule has 2 aliphatic heterocycles. The second-order valence-electron chi connectivity index (χ2n) is 7.53. The number of β-lactam (4-membered cyclic amide) rings is 1. The zero-order valence-corrected chi connectivity index (χ0v) is 22.4. The molecule has 16 nitrogen and oxygen atoms in total. The number of hydrogen-bond donors (Lipinski definition) is 3. The maximum Gasteiger partial charge on any atom is 0.389 e. The number of nitrogen functional groups attached to an aromatic ring is 1. The highest BCUT2D eigenvalue weighted by Crippen LogP contribution is 2.41. The maximum atomic E-state index is 13.1. The third kappa shape index (κ3) is 5.30. The van der Waals surface area contributed by atoms with Crippen molar-refractivity contribution in [2.75, 3.05) is 31.5 Å². The van der Waals surface area contributed by atoms with Gasteiger partial charge in [-0.2, -0.15) is 9.87 Å². The summed E-state index contributed by atoms with van der Waals surface area (Å²) >= 11 is 3.48. The average Bonchev–Trinajstić information content (AvgIpc) is 3.32. The van der Waals surface area contributed by atoms with Gasteiger partial charge in [-0.25, -0.2) is 9.78 Å². The van der Waals surface area contributed by atoms with Gasteiger partial charge in [0.2, 0.25) is 0 Å².